The number of amides is 1. The van der Waals surface area contributed by atoms with E-state index in [-0.39, 0.29) is 5.91 Å². The van der Waals surface area contributed by atoms with Gasteiger partial charge in [-0.25, -0.2) is 19.6 Å². The molecular weight excluding hydrogens is 490 g/mol. The highest BCUT2D eigenvalue weighted by Crippen LogP contribution is 2.32. The van der Waals surface area contributed by atoms with Gasteiger partial charge in [0.1, 0.15) is 0 Å². The number of hydrogen-bond acceptors (Lipinski definition) is 9. The molecule has 0 saturated carbocycles. The van der Waals surface area contributed by atoms with E-state index in [0.29, 0.717) is 12.2 Å². The van der Waals surface area contributed by atoms with E-state index < -0.39 is 11.9 Å². The van der Waals surface area contributed by atoms with Gasteiger partial charge in [0, 0.05) is 69.6 Å². The van der Waals surface area contributed by atoms with Crippen LogP contribution in [0.25, 0.3) is 0 Å². The van der Waals surface area contributed by atoms with Crippen LogP contribution in [-0.4, -0.2) is 99.4 Å². The summed E-state index contributed by atoms with van der Waals surface area (Å²) in [5, 5.41) is 17.7. The van der Waals surface area contributed by atoms with Gasteiger partial charge in [0.25, 0.3) is 5.91 Å². The van der Waals surface area contributed by atoms with E-state index >= 15 is 0 Å². The minimum Gasteiger partial charge on any atom is -0.478 e. The molecule has 12 heteroatoms. The molecular formula is C23H29N5O5S2. The molecule has 0 bridgehead atoms. The van der Waals surface area contributed by atoms with Crippen LogP contribution in [0.2, 0.25) is 0 Å². The second-order valence-corrected chi connectivity index (χ2v) is 10.1. The minimum absolute atomic E-state index is 0.215. The Hall–Kier alpha value is -2.96. The fourth-order valence-electron chi connectivity index (χ4n) is 3.71. The van der Waals surface area contributed by atoms with E-state index in [1.807, 2.05) is 34.2 Å². The Kier molecular flexibility index (Phi) is 10.5. The number of fused-ring (bicyclic) bond motifs is 1. The largest absolute Gasteiger partial charge is 0.478 e. The molecule has 0 spiro atoms. The van der Waals surface area contributed by atoms with Crippen molar-refractivity contribution in [3.8, 4) is 0 Å². The number of carbonyl (C=O) groups is 3. The van der Waals surface area contributed by atoms with E-state index in [0.717, 1.165) is 75.9 Å². The molecule has 0 unspecified atom stereocenters. The molecule has 2 aromatic rings. The lowest BCUT2D eigenvalue weighted by Crippen LogP contribution is -2.47. The van der Waals surface area contributed by atoms with Crippen LogP contribution in [0.4, 0.5) is 5.95 Å². The molecule has 1 fully saturated rings. The molecule has 4 heterocycles. The molecule has 0 radical (unpaired) electrons. The number of thiophene rings is 1. The molecule has 1 amide bonds. The molecule has 0 aliphatic carbocycles. The smallest absolute Gasteiger partial charge is 0.328 e. The van der Waals surface area contributed by atoms with Crippen molar-refractivity contribution in [1.82, 2.24) is 19.8 Å². The van der Waals surface area contributed by atoms with E-state index in [9.17, 15) is 14.4 Å². The van der Waals surface area contributed by atoms with Crippen molar-refractivity contribution in [3.05, 3.63) is 47.6 Å². The highest BCUT2D eigenvalue weighted by atomic mass is 32.2. The average molecular weight is 520 g/mol. The Morgan fingerprint density at radius 1 is 0.971 bits per heavy atom. The number of piperazine rings is 1. The van der Waals surface area contributed by atoms with Gasteiger partial charge in [0.15, 0.2) is 0 Å². The summed E-state index contributed by atoms with van der Waals surface area (Å²) < 4.78 is 1.18. The van der Waals surface area contributed by atoms with Crippen molar-refractivity contribution >= 4 is 46.9 Å². The monoisotopic (exact) mass is 519 g/mol. The molecule has 10 nitrogen and oxygen atoms in total. The summed E-state index contributed by atoms with van der Waals surface area (Å²) in [4.78, 5) is 47.2. The summed E-state index contributed by atoms with van der Waals surface area (Å²) in [6, 6.07) is 3.83. The maximum absolute atomic E-state index is 12.7. The lowest BCUT2D eigenvalue weighted by molar-refractivity contribution is -0.134. The summed E-state index contributed by atoms with van der Waals surface area (Å²) in [7, 11) is 0. The molecule has 2 aromatic heterocycles. The third-order valence-electron chi connectivity index (χ3n) is 5.47. The second-order valence-electron chi connectivity index (χ2n) is 7.86. The Labute approximate surface area is 212 Å². The van der Waals surface area contributed by atoms with Gasteiger partial charge in [0.05, 0.1) is 9.77 Å². The van der Waals surface area contributed by atoms with Crippen LogP contribution < -0.4 is 4.90 Å². The van der Waals surface area contributed by atoms with Crippen LogP contribution in [0.3, 0.4) is 0 Å². The molecule has 2 aliphatic rings. The first-order valence-electron chi connectivity index (χ1n) is 11.3. The SMILES string of the molecule is O=C(O)C=CC(=O)O.O=C1c2ccsc2SCCN1CCCCN1CCN(c2ncccn2)CC1. The Morgan fingerprint density at radius 3 is 2.29 bits per heavy atom. The zero-order chi connectivity index (χ0) is 25.0. The summed E-state index contributed by atoms with van der Waals surface area (Å²) in [6.45, 7) is 6.89. The average Bonchev–Trinajstić information content (AvgIpc) is 3.28. The number of aromatic nitrogens is 2. The Balaban J connectivity index is 0.000000371. The molecule has 2 aliphatic heterocycles. The third kappa shape index (κ3) is 8.64. The lowest BCUT2D eigenvalue weighted by Gasteiger charge is -2.34. The number of unbranched alkanes of at least 4 members (excludes halogenated alkanes) is 1. The fraction of sp³-hybridized carbons (Fsp3) is 0.435. The second kappa shape index (κ2) is 13.8. The van der Waals surface area contributed by atoms with Crippen molar-refractivity contribution in [3.63, 3.8) is 0 Å². The zero-order valence-electron chi connectivity index (χ0n) is 19.3. The minimum atomic E-state index is -1.26. The molecule has 1 saturated heterocycles. The Morgan fingerprint density at radius 2 is 1.63 bits per heavy atom. The van der Waals surface area contributed by atoms with E-state index in [1.54, 1.807) is 23.7 Å². The maximum atomic E-state index is 12.7. The first kappa shape index (κ1) is 26.6. The van der Waals surface area contributed by atoms with Gasteiger partial charge in [-0.05, 0) is 36.9 Å². The van der Waals surface area contributed by atoms with Gasteiger partial charge in [0.2, 0.25) is 5.95 Å². The number of thioether (sulfide) groups is 1. The topological polar surface area (TPSA) is 127 Å². The maximum Gasteiger partial charge on any atom is 0.328 e. The van der Waals surface area contributed by atoms with Crippen molar-refractivity contribution < 1.29 is 24.6 Å². The van der Waals surface area contributed by atoms with E-state index in [1.165, 1.54) is 4.21 Å². The number of anilines is 1. The number of aliphatic carboxylic acids is 2. The number of carboxylic acids is 2. The van der Waals surface area contributed by atoms with Crippen molar-refractivity contribution in [1.29, 1.82) is 0 Å². The van der Waals surface area contributed by atoms with Gasteiger partial charge in [-0.2, -0.15) is 0 Å². The highest BCUT2D eigenvalue weighted by molar-refractivity contribution is 8.01. The molecule has 188 valence electrons. The standard InChI is InChI=1S/C19H25N5OS2.C4H4O4/c25-17-16-4-14-26-18(16)27-15-13-23(17)8-2-1-7-22-9-11-24(12-10-22)19-20-5-3-6-21-19;5-3(6)1-2-4(7)8/h3-6,14H,1-2,7-13,15H2;1-2H,(H,5,6)(H,7,8). The van der Waals surface area contributed by atoms with Gasteiger partial charge >= 0.3 is 11.9 Å². The van der Waals surface area contributed by atoms with Crippen molar-refractivity contribution in [2.24, 2.45) is 0 Å². The first-order valence-corrected chi connectivity index (χ1v) is 13.2. The van der Waals surface area contributed by atoms with Crippen LogP contribution in [-0.2, 0) is 9.59 Å². The van der Waals surface area contributed by atoms with Crippen LogP contribution in [0.5, 0.6) is 0 Å². The zero-order valence-corrected chi connectivity index (χ0v) is 20.9. The molecule has 4 rings (SSSR count). The number of carbonyl (C=O) groups excluding carboxylic acids is 1. The highest BCUT2D eigenvalue weighted by Gasteiger charge is 2.23. The van der Waals surface area contributed by atoms with Crippen molar-refractivity contribution in [2.45, 2.75) is 17.1 Å². The summed E-state index contributed by atoms with van der Waals surface area (Å²) in [6.07, 6.45) is 6.92. The Bertz CT molecular complexity index is 993. The fourth-order valence-corrected chi connectivity index (χ4v) is 5.81. The number of carboxylic acid groups (broad SMARTS) is 2. The number of hydrogen-bond donors (Lipinski definition) is 2. The lowest BCUT2D eigenvalue weighted by atomic mass is 10.2. The summed E-state index contributed by atoms with van der Waals surface area (Å²) >= 11 is 3.50. The van der Waals surface area contributed by atoms with Gasteiger partial charge < -0.3 is 20.0 Å². The third-order valence-corrected chi connectivity index (χ3v) is 7.69. The predicted octanol–water partition coefficient (Wildman–Crippen LogP) is 2.40. The number of nitrogens with zero attached hydrogens (tertiary/aromatic N) is 5. The molecule has 0 aromatic carbocycles. The molecule has 0 atom stereocenters. The normalized spacial score (nSPS) is 16.4. The number of rotatable bonds is 8. The van der Waals surface area contributed by atoms with Gasteiger partial charge in [-0.3, -0.25) is 9.69 Å². The van der Waals surface area contributed by atoms with Crippen LogP contribution >= 0.6 is 23.1 Å². The summed E-state index contributed by atoms with van der Waals surface area (Å²) in [5.41, 5.74) is 0.904. The van der Waals surface area contributed by atoms with Crippen LogP contribution in [0.1, 0.15) is 23.2 Å². The first-order chi connectivity index (χ1) is 16.9. The summed E-state index contributed by atoms with van der Waals surface area (Å²) in [5.74, 6) is -0.460. The molecule has 35 heavy (non-hydrogen) atoms. The molecule has 2 N–H and O–H groups in total. The van der Waals surface area contributed by atoms with Gasteiger partial charge in [-0.15, -0.1) is 23.1 Å². The van der Waals surface area contributed by atoms with Gasteiger partial charge in [-0.1, -0.05) is 0 Å². The van der Waals surface area contributed by atoms with Crippen LogP contribution in [0.15, 0.2) is 46.3 Å². The predicted molar refractivity (Wildman–Crippen MR) is 135 cm³/mol. The quantitative estimate of drug-likeness (QED) is 0.396. The van der Waals surface area contributed by atoms with E-state index in [4.69, 9.17) is 10.2 Å². The van der Waals surface area contributed by atoms with E-state index in [2.05, 4.69) is 19.8 Å². The van der Waals surface area contributed by atoms with Crippen LogP contribution in [0, 0.1) is 0 Å². The van der Waals surface area contributed by atoms with Crippen molar-refractivity contribution in [2.75, 3.05) is 56.5 Å².